The number of hydrogen-bond acceptors (Lipinski definition) is 5. The number of aliphatic hydroxyl groups is 2. The van der Waals surface area contributed by atoms with Crippen molar-refractivity contribution in [3.05, 3.63) is 59.7 Å². The van der Waals surface area contributed by atoms with Gasteiger partial charge in [0.2, 0.25) is 0 Å². The first kappa shape index (κ1) is 24.9. The van der Waals surface area contributed by atoms with E-state index in [-0.39, 0.29) is 48.9 Å². The number of amides is 2. The van der Waals surface area contributed by atoms with Crippen molar-refractivity contribution in [3.63, 3.8) is 0 Å². The first-order chi connectivity index (χ1) is 14.8. The molecule has 0 aliphatic heterocycles. The molecular formula is C24H32N2O4S. The van der Waals surface area contributed by atoms with Gasteiger partial charge in [-0.15, -0.1) is 0 Å². The van der Waals surface area contributed by atoms with Crippen LogP contribution in [0.15, 0.2) is 58.3 Å². The molecule has 0 saturated heterocycles. The third-order valence-electron chi connectivity index (χ3n) is 5.12. The fourth-order valence-corrected chi connectivity index (χ4v) is 4.01. The summed E-state index contributed by atoms with van der Waals surface area (Å²) < 4.78 is 0. The second-order valence-electron chi connectivity index (χ2n) is 8.11. The van der Waals surface area contributed by atoms with Gasteiger partial charge >= 0.3 is 0 Å². The summed E-state index contributed by atoms with van der Waals surface area (Å²) >= 11 is 1.34. The summed E-state index contributed by atoms with van der Waals surface area (Å²) in [5.41, 5.74) is 0.967. The summed E-state index contributed by atoms with van der Waals surface area (Å²) in [6.07, 6.45) is 0. The summed E-state index contributed by atoms with van der Waals surface area (Å²) in [7, 11) is 0. The lowest BCUT2D eigenvalue weighted by molar-refractivity contribution is 0.0888. The van der Waals surface area contributed by atoms with Crippen molar-refractivity contribution in [2.24, 2.45) is 11.8 Å². The molecule has 2 rings (SSSR count). The highest BCUT2D eigenvalue weighted by atomic mass is 32.2. The number of carbonyl (C=O) groups is 2. The maximum Gasteiger partial charge on any atom is 0.252 e. The molecule has 4 N–H and O–H groups in total. The topological polar surface area (TPSA) is 98.7 Å². The van der Waals surface area contributed by atoms with Crippen molar-refractivity contribution >= 4 is 23.6 Å². The molecule has 0 fully saturated rings. The van der Waals surface area contributed by atoms with Crippen LogP contribution in [0.4, 0.5) is 0 Å². The lowest BCUT2D eigenvalue weighted by Gasteiger charge is -2.21. The summed E-state index contributed by atoms with van der Waals surface area (Å²) in [6, 6.07) is 13.7. The van der Waals surface area contributed by atoms with Gasteiger partial charge in [0.25, 0.3) is 11.8 Å². The Balaban J connectivity index is 2.28. The van der Waals surface area contributed by atoms with E-state index in [2.05, 4.69) is 10.6 Å². The molecule has 0 aliphatic rings. The summed E-state index contributed by atoms with van der Waals surface area (Å²) in [5.74, 6) is -0.340. The third kappa shape index (κ3) is 6.82. The average molecular weight is 445 g/mol. The Morgan fingerprint density at radius 2 is 1.10 bits per heavy atom. The van der Waals surface area contributed by atoms with E-state index in [1.165, 1.54) is 11.8 Å². The van der Waals surface area contributed by atoms with Gasteiger partial charge in [-0.25, -0.2) is 0 Å². The lowest BCUT2D eigenvalue weighted by Crippen LogP contribution is -2.41. The van der Waals surface area contributed by atoms with E-state index in [9.17, 15) is 19.8 Å². The molecule has 6 nitrogen and oxygen atoms in total. The van der Waals surface area contributed by atoms with Crippen LogP contribution in [-0.4, -0.2) is 47.3 Å². The molecule has 0 heterocycles. The smallest absolute Gasteiger partial charge is 0.252 e. The van der Waals surface area contributed by atoms with Crippen LogP contribution in [0, 0.1) is 11.8 Å². The molecule has 0 unspecified atom stereocenters. The highest BCUT2D eigenvalue weighted by Gasteiger charge is 2.21. The van der Waals surface area contributed by atoms with Crippen molar-refractivity contribution in [3.8, 4) is 0 Å². The average Bonchev–Trinajstić information content (AvgIpc) is 2.75. The van der Waals surface area contributed by atoms with E-state index in [1.807, 2.05) is 52.0 Å². The zero-order chi connectivity index (χ0) is 23.0. The Bertz CT molecular complexity index is 814. The number of rotatable bonds is 10. The van der Waals surface area contributed by atoms with Crippen molar-refractivity contribution in [1.29, 1.82) is 0 Å². The zero-order valence-corrected chi connectivity index (χ0v) is 19.3. The molecule has 2 atom stereocenters. The number of nitrogens with one attached hydrogen (secondary N) is 2. The second kappa shape index (κ2) is 11.9. The maximum absolute atomic E-state index is 12.9. The van der Waals surface area contributed by atoms with Crippen LogP contribution in [0.5, 0.6) is 0 Å². The Kier molecular flexibility index (Phi) is 9.55. The van der Waals surface area contributed by atoms with Gasteiger partial charge in [-0.3, -0.25) is 9.59 Å². The van der Waals surface area contributed by atoms with Crippen LogP contribution in [0.1, 0.15) is 48.4 Å². The fourth-order valence-electron chi connectivity index (χ4n) is 2.94. The second-order valence-corrected chi connectivity index (χ2v) is 9.19. The van der Waals surface area contributed by atoms with Gasteiger partial charge in [-0.05, 0) is 36.1 Å². The molecule has 0 spiro atoms. The Hall–Kier alpha value is -2.35. The molecule has 2 aromatic rings. The van der Waals surface area contributed by atoms with E-state index >= 15 is 0 Å². The molecule has 0 saturated carbocycles. The molecule has 7 heteroatoms. The van der Waals surface area contributed by atoms with E-state index in [0.717, 1.165) is 0 Å². The number of aliphatic hydroxyl groups excluding tert-OH is 2. The van der Waals surface area contributed by atoms with E-state index in [0.29, 0.717) is 20.9 Å². The largest absolute Gasteiger partial charge is 0.394 e. The van der Waals surface area contributed by atoms with Crippen LogP contribution in [-0.2, 0) is 0 Å². The highest BCUT2D eigenvalue weighted by molar-refractivity contribution is 7.99. The minimum Gasteiger partial charge on any atom is -0.394 e. The van der Waals surface area contributed by atoms with Gasteiger partial charge in [0.1, 0.15) is 0 Å². The quantitative estimate of drug-likeness (QED) is 0.451. The van der Waals surface area contributed by atoms with E-state index in [1.54, 1.807) is 24.3 Å². The van der Waals surface area contributed by atoms with E-state index < -0.39 is 0 Å². The minimum atomic E-state index is -0.338. The van der Waals surface area contributed by atoms with Crippen LogP contribution >= 0.6 is 11.8 Å². The summed E-state index contributed by atoms with van der Waals surface area (Å²) in [6.45, 7) is 7.48. The highest BCUT2D eigenvalue weighted by Crippen LogP contribution is 2.33. The predicted octanol–water partition coefficient (Wildman–Crippen LogP) is 3.33. The summed E-state index contributed by atoms with van der Waals surface area (Å²) in [5, 5.41) is 24.9. The molecule has 0 aromatic heterocycles. The van der Waals surface area contributed by atoms with Gasteiger partial charge < -0.3 is 20.8 Å². The van der Waals surface area contributed by atoms with E-state index in [4.69, 9.17) is 0 Å². The van der Waals surface area contributed by atoms with Gasteiger partial charge in [-0.1, -0.05) is 63.7 Å². The normalized spacial score (nSPS) is 13.2. The molecule has 2 aromatic carbocycles. The Labute approximate surface area is 188 Å². The molecule has 31 heavy (non-hydrogen) atoms. The van der Waals surface area contributed by atoms with Crippen molar-refractivity contribution in [1.82, 2.24) is 10.6 Å². The first-order valence-corrected chi connectivity index (χ1v) is 11.3. The maximum atomic E-state index is 12.9. The minimum absolute atomic E-state index is 0.0959. The lowest BCUT2D eigenvalue weighted by atomic mass is 10.0. The van der Waals surface area contributed by atoms with Gasteiger partial charge in [0, 0.05) is 9.79 Å². The number of benzene rings is 2. The SMILES string of the molecule is CC(C)[C@@H](CO)NC(=O)c1ccccc1Sc1ccccc1C(=O)N[C@H](CO)C(C)C. The molecule has 0 radical (unpaired) electrons. The van der Waals surface area contributed by atoms with Gasteiger partial charge in [0.05, 0.1) is 36.4 Å². The Morgan fingerprint density at radius 3 is 1.42 bits per heavy atom. The van der Waals surface area contributed by atoms with Gasteiger partial charge in [0.15, 0.2) is 0 Å². The van der Waals surface area contributed by atoms with Crippen LogP contribution in [0.3, 0.4) is 0 Å². The molecule has 168 valence electrons. The molecular weight excluding hydrogens is 412 g/mol. The van der Waals surface area contributed by atoms with Crippen molar-refractivity contribution in [2.45, 2.75) is 49.6 Å². The van der Waals surface area contributed by atoms with Gasteiger partial charge in [-0.2, -0.15) is 0 Å². The predicted molar refractivity (Wildman–Crippen MR) is 123 cm³/mol. The standard InChI is InChI=1S/C24H32N2O4S/c1-15(2)19(13-27)25-23(29)17-9-5-7-11-21(17)31-22-12-8-6-10-18(22)24(30)26-20(14-28)16(3)4/h5-12,15-16,19-20,27-28H,13-14H2,1-4H3,(H,25,29)(H,26,30)/t19-,20-/m1/s1. The van der Waals surface area contributed by atoms with Crippen LogP contribution < -0.4 is 10.6 Å². The fraction of sp³-hybridized carbons (Fsp3) is 0.417. The van der Waals surface area contributed by atoms with Crippen molar-refractivity contribution < 1.29 is 19.8 Å². The summed E-state index contributed by atoms with van der Waals surface area (Å²) in [4.78, 5) is 27.2. The van der Waals surface area contributed by atoms with Crippen molar-refractivity contribution in [2.75, 3.05) is 13.2 Å². The number of hydrogen-bond donors (Lipinski definition) is 4. The first-order valence-electron chi connectivity index (χ1n) is 10.5. The monoisotopic (exact) mass is 444 g/mol. The molecule has 2 amide bonds. The Morgan fingerprint density at radius 1 is 0.742 bits per heavy atom. The van der Waals surface area contributed by atoms with Crippen LogP contribution in [0.25, 0.3) is 0 Å². The zero-order valence-electron chi connectivity index (χ0n) is 18.5. The molecule has 0 aliphatic carbocycles. The third-order valence-corrected chi connectivity index (χ3v) is 6.27. The van der Waals surface area contributed by atoms with Crippen LogP contribution in [0.2, 0.25) is 0 Å². The number of carbonyl (C=O) groups excluding carboxylic acids is 2. The molecule has 0 bridgehead atoms.